The topological polar surface area (TPSA) is 83.6 Å². The van der Waals surface area contributed by atoms with Crippen molar-refractivity contribution in [2.75, 3.05) is 0 Å². The van der Waals surface area contributed by atoms with E-state index < -0.39 is 11.7 Å². The second kappa shape index (κ2) is 8.77. The molecule has 0 fully saturated rings. The Hall–Kier alpha value is -3.55. The van der Waals surface area contributed by atoms with E-state index >= 15 is 0 Å². The predicted octanol–water partition coefficient (Wildman–Crippen LogP) is 5.47. The summed E-state index contributed by atoms with van der Waals surface area (Å²) in [7, 11) is 0. The molecule has 5 aromatic rings. The summed E-state index contributed by atoms with van der Waals surface area (Å²) in [6.07, 6.45) is 5.16. The molecule has 9 heteroatoms. The van der Waals surface area contributed by atoms with Crippen LogP contribution in [0.4, 0.5) is 4.39 Å². The zero-order chi connectivity index (χ0) is 22.9. The Morgan fingerprint density at radius 1 is 1.06 bits per heavy atom. The van der Waals surface area contributed by atoms with Gasteiger partial charge in [-0.3, -0.25) is 9.78 Å². The number of rotatable bonds is 5. The molecule has 164 valence electrons. The molecule has 0 saturated heterocycles. The number of amides is 1. The monoisotopic (exact) mass is 479 g/mol. The molecule has 0 unspecified atom stereocenters. The van der Waals surface area contributed by atoms with E-state index in [0.29, 0.717) is 38.6 Å². The smallest absolute Gasteiger partial charge is 0.270 e. The number of carbonyl (C=O) groups excluding carboxylic acids is 1. The molecule has 33 heavy (non-hydrogen) atoms. The number of pyridine rings is 1. The SMILES string of the molecule is O=C(NCc1cc2c(Cl)c[nH]c2cc1F)c1cc(Cc2cnc3ccc(Cl)cc3c2)ncn1. The third kappa shape index (κ3) is 4.51. The molecule has 0 radical (unpaired) electrons. The van der Waals surface area contributed by atoms with E-state index in [0.717, 1.165) is 16.5 Å². The number of aromatic nitrogens is 4. The lowest BCUT2D eigenvalue weighted by atomic mass is 10.1. The number of fused-ring (bicyclic) bond motifs is 2. The van der Waals surface area contributed by atoms with Gasteiger partial charge in [0.25, 0.3) is 5.91 Å². The normalized spacial score (nSPS) is 11.2. The van der Waals surface area contributed by atoms with E-state index in [9.17, 15) is 9.18 Å². The largest absolute Gasteiger partial charge is 0.360 e. The number of nitrogens with one attached hydrogen (secondary N) is 2. The Morgan fingerprint density at radius 3 is 2.82 bits per heavy atom. The molecule has 3 heterocycles. The van der Waals surface area contributed by atoms with Gasteiger partial charge in [-0.2, -0.15) is 0 Å². The molecule has 1 amide bonds. The van der Waals surface area contributed by atoms with Gasteiger partial charge in [0, 0.05) is 57.9 Å². The molecule has 0 bridgehead atoms. The molecule has 0 aliphatic carbocycles. The molecular weight excluding hydrogens is 464 g/mol. The van der Waals surface area contributed by atoms with Crippen molar-refractivity contribution in [2.45, 2.75) is 13.0 Å². The fourth-order valence-corrected chi connectivity index (χ4v) is 4.02. The number of benzene rings is 2. The van der Waals surface area contributed by atoms with Crippen molar-refractivity contribution in [3.05, 3.63) is 99.6 Å². The summed E-state index contributed by atoms with van der Waals surface area (Å²) in [5.41, 5.74) is 3.54. The lowest BCUT2D eigenvalue weighted by Gasteiger charge is -2.08. The highest BCUT2D eigenvalue weighted by molar-refractivity contribution is 6.35. The summed E-state index contributed by atoms with van der Waals surface area (Å²) in [4.78, 5) is 28.3. The molecule has 5 rings (SSSR count). The van der Waals surface area contributed by atoms with Gasteiger partial charge in [0.1, 0.15) is 17.8 Å². The van der Waals surface area contributed by atoms with Crippen molar-refractivity contribution in [1.29, 1.82) is 0 Å². The average Bonchev–Trinajstić information content (AvgIpc) is 3.16. The van der Waals surface area contributed by atoms with Crippen molar-refractivity contribution in [2.24, 2.45) is 0 Å². The van der Waals surface area contributed by atoms with Crippen LogP contribution in [0.15, 0.2) is 61.2 Å². The number of hydrogen-bond acceptors (Lipinski definition) is 4. The Bertz CT molecular complexity index is 1520. The maximum atomic E-state index is 14.4. The average molecular weight is 480 g/mol. The van der Waals surface area contributed by atoms with Crippen molar-refractivity contribution in [3.8, 4) is 0 Å². The zero-order valence-electron chi connectivity index (χ0n) is 17.1. The van der Waals surface area contributed by atoms with Gasteiger partial charge in [-0.1, -0.05) is 23.2 Å². The molecule has 3 aromatic heterocycles. The van der Waals surface area contributed by atoms with Gasteiger partial charge in [0.15, 0.2) is 0 Å². The van der Waals surface area contributed by atoms with Gasteiger partial charge in [-0.05, 0) is 48.0 Å². The Labute approximate surface area is 197 Å². The maximum Gasteiger partial charge on any atom is 0.270 e. The quantitative estimate of drug-likeness (QED) is 0.349. The first-order valence-electron chi connectivity index (χ1n) is 10.0. The van der Waals surface area contributed by atoms with Gasteiger partial charge in [0.2, 0.25) is 0 Å². The summed E-state index contributed by atoms with van der Waals surface area (Å²) >= 11 is 12.2. The molecule has 0 spiro atoms. The summed E-state index contributed by atoms with van der Waals surface area (Å²) < 4.78 is 14.4. The molecule has 6 nitrogen and oxygen atoms in total. The lowest BCUT2D eigenvalue weighted by molar-refractivity contribution is 0.0945. The summed E-state index contributed by atoms with van der Waals surface area (Å²) in [6.45, 7) is -0.00317. The van der Waals surface area contributed by atoms with Gasteiger partial charge in [-0.15, -0.1) is 0 Å². The minimum atomic E-state index is -0.436. The van der Waals surface area contributed by atoms with E-state index in [1.165, 1.54) is 12.4 Å². The first-order chi connectivity index (χ1) is 16.0. The number of aromatic amines is 1. The van der Waals surface area contributed by atoms with Crippen LogP contribution in [-0.2, 0) is 13.0 Å². The number of hydrogen-bond donors (Lipinski definition) is 2. The predicted molar refractivity (Wildman–Crippen MR) is 126 cm³/mol. The first-order valence-corrected chi connectivity index (χ1v) is 10.8. The van der Waals surface area contributed by atoms with Crippen LogP contribution in [0.1, 0.15) is 27.3 Å². The second-order valence-electron chi connectivity index (χ2n) is 7.56. The number of carbonyl (C=O) groups is 1. The fourth-order valence-electron chi connectivity index (χ4n) is 3.63. The van der Waals surface area contributed by atoms with Crippen molar-refractivity contribution in [1.82, 2.24) is 25.3 Å². The Balaban J connectivity index is 1.31. The van der Waals surface area contributed by atoms with Crippen molar-refractivity contribution in [3.63, 3.8) is 0 Å². The third-order valence-corrected chi connectivity index (χ3v) is 5.83. The van der Waals surface area contributed by atoms with Crippen molar-refractivity contribution >= 4 is 50.9 Å². The van der Waals surface area contributed by atoms with Crippen LogP contribution >= 0.6 is 23.2 Å². The Morgan fingerprint density at radius 2 is 1.94 bits per heavy atom. The first kappa shape index (κ1) is 21.3. The molecule has 0 aliphatic rings. The fraction of sp³-hybridized carbons (Fsp3) is 0.0833. The molecule has 0 aliphatic heterocycles. The number of H-pyrrole nitrogens is 1. The van der Waals surface area contributed by atoms with Crippen LogP contribution in [-0.4, -0.2) is 25.8 Å². The highest BCUT2D eigenvalue weighted by atomic mass is 35.5. The van der Waals surface area contributed by atoms with Crippen LogP contribution in [0.5, 0.6) is 0 Å². The molecule has 2 N–H and O–H groups in total. The molecule has 0 saturated carbocycles. The zero-order valence-corrected chi connectivity index (χ0v) is 18.6. The van der Waals surface area contributed by atoms with E-state index in [1.807, 2.05) is 18.2 Å². The summed E-state index contributed by atoms with van der Waals surface area (Å²) in [6, 6.07) is 12.1. The minimum absolute atomic E-state index is 0.00317. The third-order valence-electron chi connectivity index (χ3n) is 5.28. The summed E-state index contributed by atoms with van der Waals surface area (Å²) in [5, 5.41) is 5.45. The van der Waals surface area contributed by atoms with E-state index in [1.54, 1.807) is 30.6 Å². The van der Waals surface area contributed by atoms with Crippen LogP contribution in [0.2, 0.25) is 10.0 Å². The van der Waals surface area contributed by atoms with Crippen molar-refractivity contribution < 1.29 is 9.18 Å². The van der Waals surface area contributed by atoms with Crippen LogP contribution in [0, 0.1) is 5.82 Å². The highest BCUT2D eigenvalue weighted by Gasteiger charge is 2.13. The van der Waals surface area contributed by atoms with E-state index in [4.69, 9.17) is 23.2 Å². The minimum Gasteiger partial charge on any atom is -0.360 e. The molecule has 0 atom stereocenters. The van der Waals surface area contributed by atoms with Crippen LogP contribution < -0.4 is 5.32 Å². The number of nitrogens with zero attached hydrogens (tertiary/aromatic N) is 3. The van der Waals surface area contributed by atoms with Gasteiger partial charge in [-0.25, -0.2) is 14.4 Å². The van der Waals surface area contributed by atoms with Gasteiger partial charge in [0.05, 0.1) is 10.5 Å². The molecular formula is C24H16Cl2FN5O. The Kier molecular flexibility index (Phi) is 5.66. The standard InChI is InChI=1S/C24H16Cl2FN5O/c25-16-1-2-21-14(5-16)3-13(9-28-21)4-17-7-23(32-12-31-17)24(33)30-10-15-6-18-19(26)11-29-22(18)8-20(15)27/h1-3,5-9,11-12,29H,4,10H2,(H,30,33). The van der Waals surface area contributed by atoms with Gasteiger partial charge < -0.3 is 10.3 Å². The number of halogens is 3. The van der Waals surface area contributed by atoms with E-state index in [-0.39, 0.29) is 12.2 Å². The maximum absolute atomic E-state index is 14.4. The van der Waals surface area contributed by atoms with Crippen LogP contribution in [0.25, 0.3) is 21.8 Å². The van der Waals surface area contributed by atoms with E-state index in [2.05, 4.69) is 25.3 Å². The van der Waals surface area contributed by atoms with Gasteiger partial charge >= 0.3 is 0 Å². The second-order valence-corrected chi connectivity index (χ2v) is 8.40. The summed E-state index contributed by atoms with van der Waals surface area (Å²) in [5.74, 6) is -0.865. The van der Waals surface area contributed by atoms with Crippen LogP contribution in [0.3, 0.4) is 0 Å². The molecule has 2 aromatic carbocycles. The highest BCUT2D eigenvalue weighted by Crippen LogP contribution is 2.26. The lowest BCUT2D eigenvalue weighted by Crippen LogP contribution is -2.24.